The summed E-state index contributed by atoms with van der Waals surface area (Å²) < 4.78 is 0.347. The van der Waals surface area contributed by atoms with Crippen LogP contribution in [0.15, 0.2) is 12.2 Å². The summed E-state index contributed by atoms with van der Waals surface area (Å²) in [5.74, 6) is 0.136. The molecule has 2 aliphatic rings. The minimum atomic E-state index is -0.00217. The summed E-state index contributed by atoms with van der Waals surface area (Å²) in [6.07, 6.45) is 9.19. The van der Waals surface area contributed by atoms with E-state index in [2.05, 4.69) is 11.6 Å². The average molecular weight is 226 g/mol. The lowest BCUT2D eigenvalue weighted by Gasteiger charge is -2.15. The number of carbonyl (C=O) groups is 1. The molecule has 0 aromatic heterocycles. The normalized spacial score (nSPS) is 31.6. The van der Waals surface area contributed by atoms with Gasteiger partial charge in [-0.05, 0) is 25.5 Å². The minimum absolute atomic E-state index is 0.00217. The van der Waals surface area contributed by atoms with Gasteiger partial charge in [0.25, 0.3) is 0 Å². The molecule has 2 rings (SSSR count). The van der Waals surface area contributed by atoms with E-state index >= 15 is 0 Å². The van der Waals surface area contributed by atoms with Crippen molar-refractivity contribution in [2.24, 2.45) is 11.7 Å². The van der Waals surface area contributed by atoms with Crippen LogP contribution in [0.2, 0.25) is 0 Å². The highest BCUT2D eigenvalue weighted by molar-refractivity contribution is 8.00. The van der Waals surface area contributed by atoms with Crippen molar-refractivity contribution in [1.82, 2.24) is 5.32 Å². The molecule has 0 saturated heterocycles. The zero-order valence-electron chi connectivity index (χ0n) is 9.03. The molecular weight excluding hydrogens is 208 g/mol. The van der Waals surface area contributed by atoms with Crippen LogP contribution in [0.4, 0.5) is 0 Å². The Hall–Kier alpha value is -0.480. The minimum Gasteiger partial charge on any atom is -0.354 e. The number of rotatable bonds is 4. The lowest BCUT2D eigenvalue weighted by atomic mass is 10.1. The van der Waals surface area contributed by atoms with Gasteiger partial charge in [-0.2, -0.15) is 11.8 Å². The predicted molar refractivity (Wildman–Crippen MR) is 63.7 cm³/mol. The average Bonchev–Trinajstić information content (AvgIpc) is 2.90. The van der Waals surface area contributed by atoms with Crippen molar-refractivity contribution in [3.8, 4) is 0 Å². The molecule has 84 valence electrons. The Morgan fingerprint density at radius 1 is 1.60 bits per heavy atom. The van der Waals surface area contributed by atoms with Crippen molar-refractivity contribution in [1.29, 1.82) is 0 Å². The van der Waals surface area contributed by atoms with Crippen LogP contribution >= 0.6 is 11.8 Å². The van der Waals surface area contributed by atoms with Gasteiger partial charge in [0, 0.05) is 17.3 Å². The van der Waals surface area contributed by atoms with Crippen LogP contribution < -0.4 is 11.1 Å². The van der Waals surface area contributed by atoms with Crippen LogP contribution in [0.5, 0.6) is 0 Å². The molecular formula is C11H18N2OS. The van der Waals surface area contributed by atoms with Crippen molar-refractivity contribution in [2.75, 3.05) is 12.8 Å². The number of nitrogens with two attached hydrogens (primary N) is 1. The van der Waals surface area contributed by atoms with Gasteiger partial charge in [0.1, 0.15) is 0 Å². The third-order valence-electron chi connectivity index (χ3n) is 3.28. The third-order valence-corrected chi connectivity index (χ3v) is 4.70. The van der Waals surface area contributed by atoms with E-state index in [0.717, 1.165) is 13.0 Å². The number of hydrogen-bond acceptors (Lipinski definition) is 3. The van der Waals surface area contributed by atoms with Crippen molar-refractivity contribution in [3.05, 3.63) is 12.2 Å². The molecule has 0 aromatic rings. The fourth-order valence-corrected chi connectivity index (χ4v) is 2.62. The molecule has 0 bridgehead atoms. The fourth-order valence-electron chi connectivity index (χ4n) is 1.89. The van der Waals surface area contributed by atoms with Gasteiger partial charge < -0.3 is 11.1 Å². The molecule has 0 aliphatic heterocycles. The summed E-state index contributed by atoms with van der Waals surface area (Å²) in [5.41, 5.74) is 5.71. The summed E-state index contributed by atoms with van der Waals surface area (Å²) in [4.78, 5) is 11.8. The van der Waals surface area contributed by atoms with Gasteiger partial charge in [-0.15, -0.1) is 0 Å². The van der Waals surface area contributed by atoms with Gasteiger partial charge in [0.05, 0.1) is 5.92 Å². The van der Waals surface area contributed by atoms with Crippen molar-refractivity contribution < 1.29 is 4.79 Å². The Morgan fingerprint density at radius 3 is 2.80 bits per heavy atom. The molecule has 15 heavy (non-hydrogen) atoms. The molecule has 2 atom stereocenters. The molecule has 1 amide bonds. The Kier molecular flexibility index (Phi) is 3.07. The zero-order chi connectivity index (χ0) is 10.9. The molecule has 3 N–H and O–H groups in total. The molecule has 0 heterocycles. The first-order valence-electron chi connectivity index (χ1n) is 5.42. The molecule has 1 saturated carbocycles. The summed E-state index contributed by atoms with van der Waals surface area (Å²) in [5, 5.41) is 3.03. The molecule has 4 heteroatoms. The smallest absolute Gasteiger partial charge is 0.227 e. The highest BCUT2D eigenvalue weighted by Gasteiger charge is 2.42. The second-order valence-electron chi connectivity index (χ2n) is 4.50. The van der Waals surface area contributed by atoms with Crippen LogP contribution in [-0.2, 0) is 4.79 Å². The highest BCUT2D eigenvalue weighted by atomic mass is 32.2. The maximum absolute atomic E-state index is 11.8. The fraction of sp³-hybridized carbons (Fsp3) is 0.727. The van der Waals surface area contributed by atoms with Crippen molar-refractivity contribution in [2.45, 2.75) is 30.1 Å². The zero-order valence-corrected chi connectivity index (χ0v) is 9.85. The second kappa shape index (κ2) is 4.18. The number of hydrogen-bond donors (Lipinski definition) is 2. The first-order valence-corrected chi connectivity index (χ1v) is 6.64. The van der Waals surface area contributed by atoms with Crippen LogP contribution in [0.1, 0.15) is 19.3 Å². The maximum atomic E-state index is 11.8. The van der Waals surface area contributed by atoms with E-state index in [-0.39, 0.29) is 17.9 Å². The largest absolute Gasteiger partial charge is 0.354 e. The standard InChI is InChI=1S/C11H18N2OS/c1-15-11(4-5-11)7-13-10(14)8-2-3-9(12)6-8/h2-3,8-9H,4-7,12H2,1H3,(H,13,14). The maximum Gasteiger partial charge on any atom is 0.227 e. The molecule has 2 aliphatic carbocycles. The second-order valence-corrected chi connectivity index (χ2v) is 5.77. The van der Waals surface area contributed by atoms with E-state index in [9.17, 15) is 4.79 Å². The van der Waals surface area contributed by atoms with Crippen molar-refractivity contribution in [3.63, 3.8) is 0 Å². The lowest BCUT2D eigenvalue weighted by Crippen LogP contribution is -2.36. The van der Waals surface area contributed by atoms with Gasteiger partial charge in [-0.25, -0.2) is 0 Å². The van der Waals surface area contributed by atoms with E-state index in [1.807, 2.05) is 23.9 Å². The Labute approximate surface area is 94.9 Å². The monoisotopic (exact) mass is 226 g/mol. The highest BCUT2D eigenvalue weighted by Crippen LogP contribution is 2.46. The summed E-state index contributed by atoms with van der Waals surface area (Å²) in [6.45, 7) is 0.812. The van der Waals surface area contributed by atoms with Crippen LogP contribution in [0.3, 0.4) is 0 Å². The number of amides is 1. The van der Waals surface area contributed by atoms with Crippen LogP contribution in [0, 0.1) is 5.92 Å². The Bertz CT molecular complexity index is 286. The Morgan fingerprint density at radius 2 is 2.33 bits per heavy atom. The SMILES string of the molecule is CSC1(CNC(=O)C2C=CC(N)C2)CC1. The summed E-state index contributed by atoms with van der Waals surface area (Å²) in [7, 11) is 0. The lowest BCUT2D eigenvalue weighted by molar-refractivity contribution is -0.123. The van der Waals surface area contributed by atoms with Gasteiger partial charge in [0.2, 0.25) is 5.91 Å². The summed E-state index contributed by atoms with van der Waals surface area (Å²) in [6, 6.07) is 0.0659. The molecule has 0 aromatic carbocycles. The van der Waals surface area contributed by atoms with Crippen molar-refractivity contribution >= 4 is 17.7 Å². The van der Waals surface area contributed by atoms with E-state index in [4.69, 9.17) is 5.73 Å². The van der Waals surface area contributed by atoms with E-state index in [0.29, 0.717) is 4.75 Å². The van der Waals surface area contributed by atoms with Crippen LogP contribution in [0.25, 0.3) is 0 Å². The first kappa shape index (κ1) is 11.0. The first-order chi connectivity index (χ1) is 7.15. The quantitative estimate of drug-likeness (QED) is 0.700. The van der Waals surface area contributed by atoms with Gasteiger partial charge in [-0.1, -0.05) is 12.2 Å². The molecule has 2 unspecified atom stereocenters. The molecule has 0 spiro atoms. The van der Waals surface area contributed by atoms with Gasteiger partial charge >= 0.3 is 0 Å². The van der Waals surface area contributed by atoms with Gasteiger partial charge in [0.15, 0.2) is 0 Å². The number of thioether (sulfide) groups is 1. The van der Waals surface area contributed by atoms with Gasteiger partial charge in [-0.3, -0.25) is 4.79 Å². The molecule has 3 nitrogen and oxygen atoms in total. The number of nitrogens with one attached hydrogen (secondary N) is 1. The third kappa shape index (κ3) is 2.55. The Balaban J connectivity index is 1.76. The topological polar surface area (TPSA) is 55.1 Å². The molecule has 1 fully saturated rings. The molecule has 0 radical (unpaired) electrons. The van der Waals surface area contributed by atoms with E-state index < -0.39 is 0 Å². The summed E-state index contributed by atoms with van der Waals surface area (Å²) >= 11 is 1.87. The van der Waals surface area contributed by atoms with E-state index in [1.165, 1.54) is 12.8 Å². The number of carbonyl (C=O) groups excluding carboxylic acids is 1. The predicted octanol–water partition coefficient (Wildman–Crippen LogP) is 0.902. The van der Waals surface area contributed by atoms with Crippen LogP contribution in [-0.4, -0.2) is 29.5 Å². The van der Waals surface area contributed by atoms with E-state index in [1.54, 1.807) is 0 Å².